The first-order valence-electron chi connectivity index (χ1n) is 7.81. The van der Waals surface area contributed by atoms with E-state index in [-0.39, 0.29) is 11.6 Å². The zero-order valence-electron chi connectivity index (χ0n) is 13.5. The van der Waals surface area contributed by atoms with E-state index in [0.29, 0.717) is 18.9 Å². The number of aromatic nitrogens is 3. The van der Waals surface area contributed by atoms with Crippen LogP contribution >= 0.6 is 0 Å². The molecule has 0 spiro atoms. The summed E-state index contributed by atoms with van der Waals surface area (Å²) in [7, 11) is 0. The Bertz CT molecular complexity index is 625. The summed E-state index contributed by atoms with van der Waals surface area (Å²) in [5, 5.41) is 20.3. The van der Waals surface area contributed by atoms with Gasteiger partial charge < -0.3 is 19.3 Å². The van der Waals surface area contributed by atoms with Gasteiger partial charge in [0.2, 0.25) is 5.88 Å². The van der Waals surface area contributed by atoms with Gasteiger partial charge in [-0.3, -0.25) is 0 Å². The van der Waals surface area contributed by atoms with Crippen LogP contribution in [0.2, 0.25) is 0 Å². The van der Waals surface area contributed by atoms with Crippen LogP contribution < -0.4 is 0 Å². The highest BCUT2D eigenvalue weighted by molar-refractivity contribution is 5.60. The van der Waals surface area contributed by atoms with Crippen LogP contribution in [-0.2, 0) is 19.5 Å². The summed E-state index contributed by atoms with van der Waals surface area (Å²) in [5.74, 6) is 0.391. The first-order valence-corrected chi connectivity index (χ1v) is 7.81. The third-order valence-electron chi connectivity index (χ3n) is 3.70. The minimum atomic E-state index is -0.0362. The van der Waals surface area contributed by atoms with Crippen molar-refractivity contribution >= 4 is 6.08 Å². The maximum atomic E-state index is 10.2. The van der Waals surface area contributed by atoms with Gasteiger partial charge in [0.25, 0.3) is 0 Å². The van der Waals surface area contributed by atoms with E-state index in [1.807, 2.05) is 23.8 Å². The van der Waals surface area contributed by atoms with Crippen molar-refractivity contribution in [2.24, 2.45) is 5.92 Å². The highest BCUT2D eigenvalue weighted by atomic mass is 16.3. The fraction of sp³-hybridized carbons (Fsp3) is 0.471. The Morgan fingerprint density at radius 3 is 2.64 bits per heavy atom. The first kappa shape index (κ1) is 16.2. The number of aromatic hydroxyl groups is 2. The van der Waals surface area contributed by atoms with Crippen molar-refractivity contribution in [1.82, 2.24) is 14.1 Å². The van der Waals surface area contributed by atoms with E-state index in [1.54, 1.807) is 17.1 Å². The molecule has 2 heterocycles. The van der Waals surface area contributed by atoms with Gasteiger partial charge in [-0.2, -0.15) is 0 Å². The lowest BCUT2D eigenvalue weighted by Gasteiger charge is -2.09. The summed E-state index contributed by atoms with van der Waals surface area (Å²) in [5.41, 5.74) is 1.70. The van der Waals surface area contributed by atoms with Crippen molar-refractivity contribution in [1.29, 1.82) is 0 Å². The molecule has 0 amide bonds. The zero-order chi connectivity index (χ0) is 16.1. The van der Waals surface area contributed by atoms with E-state index in [9.17, 15) is 10.2 Å². The molecule has 0 aliphatic carbocycles. The summed E-state index contributed by atoms with van der Waals surface area (Å²) in [4.78, 5) is 4.02. The lowest BCUT2D eigenvalue weighted by Crippen LogP contribution is -2.05. The molecule has 0 aliphatic heterocycles. The van der Waals surface area contributed by atoms with Gasteiger partial charge in [-0.25, -0.2) is 4.98 Å². The number of allylic oxidation sites excluding steroid dienone is 1. The number of nitrogens with zero attached hydrogens (tertiary/aromatic N) is 3. The van der Waals surface area contributed by atoms with E-state index < -0.39 is 0 Å². The summed E-state index contributed by atoms with van der Waals surface area (Å²) in [6, 6.07) is 0. The highest BCUT2D eigenvalue weighted by Crippen LogP contribution is 2.36. The Morgan fingerprint density at radius 1 is 1.27 bits per heavy atom. The van der Waals surface area contributed by atoms with Crippen LogP contribution in [0.15, 0.2) is 24.8 Å². The van der Waals surface area contributed by atoms with Crippen LogP contribution in [0.4, 0.5) is 0 Å². The molecule has 0 unspecified atom stereocenters. The quantitative estimate of drug-likeness (QED) is 0.824. The van der Waals surface area contributed by atoms with E-state index in [1.165, 1.54) is 0 Å². The van der Waals surface area contributed by atoms with E-state index in [0.717, 1.165) is 24.2 Å². The SMILES string of the molecule is CCc1c(O)c(O)n(CCCn2ccnc2)c1C=CC(C)C. The molecular weight excluding hydrogens is 278 g/mol. The molecular formula is C17H25N3O2. The molecule has 5 nitrogen and oxygen atoms in total. The molecule has 2 aromatic rings. The molecule has 120 valence electrons. The Labute approximate surface area is 131 Å². The predicted molar refractivity (Wildman–Crippen MR) is 87.9 cm³/mol. The second-order valence-electron chi connectivity index (χ2n) is 5.80. The van der Waals surface area contributed by atoms with Gasteiger partial charge in [-0.05, 0) is 24.8 Å². The standard InChI is InChI=1S/C17H25N3O2/c1-4-14-15(7-6-13(2)3)20(17(22)16(14)21)10-5-9-19-11-8-18-12-19/h6-8,11-13,21-22H,4-5,9-10H2,1-3H3. The van der Waals surface area contributed by atoms with Crippen LogP contribution in [-0.4, -0.2) is 24.3 Å². The summed E-state index contributed by atoms with van der Waals surface area (Å²) in [6.45, 7) is 7.67. The first-order chi connectivity index (χ1) is 10.5. The van der Waals surface area contributed by atoms with Gasteiger partial charge >= 0.3 is 0 Å². The lowest BCUT2D eigenvalue weighted by molar-refractivity contribution is 0.366. The second-order valence-corrected chi connectivity index (χ2v) is 5.80. The van der Waals surface area contributed by atoms with Gasteiger partial charge in [0.15, 0.2) is 5.75 Å². The van der Waals surface area contributed by atoms with Crippen molar-refractivity contribution in [3.63, 3.8) is 0 Å². The van der Waals surface area contributed by atoms with Crippen LogP contribution in [0.3, 0.4) is 0 Å². The van der Waals surface area contributed by atoms with Crippen molar-refractivity contribution in [2.45, 2.75) is 46.7 Å². The molecule has 0 aliphatic rings. The van der Waals surface area contributed by atoms with Crippen molar-refractivity contribution in [3.8, 4) is 11.6 Å². The Balaban J connectivity index is 2.20. The minimum absolute atomic E-state index is 0.00790. The fourth-order valence-electron chi connectivity index (χ4n) is 2.54. The predicted octanol–water partition coefficient (Wildman–Crippen LogP) is 3.42. The smallest absolute Gasteiger partial charge is 0.235 e. The maximum absolute atomic E-state index is 10.2. The Hall–Kier alpha value is -2.17. The van der Waals surface area contributed by atoms with Crippen molar-refractivity contribution in [3.05, 3.63) is 36.1 Å². The molecule has 5 heteroatoms. The van der Waals surface area contributed by atoms with Crippen LogP contribution in [0.1, 0.15) is 38.4 Å². The van der Waals surface area contributed by atoms with Crippen LogP contribution in [0.5, 0.6) is 11.6 Å². The monoisotopic (exact) mass is 303 g/mol. The van der Waals surface area contributed by atoms with Gasteiger partial charge in [-0.15, -0.1) is 0 Å². The molecule has 2 aromatic heterocycles. The summed E-state index contributed by atoms with van der Waals surface area (Å²) < 4.78 is 3.80. The third kappa shape index (κ3) is 3.53. The van der Waals surface area contributed by atoms with Gasteiger partial charge in [0.05, 0.1) is 12.0 Å². The van der Waals surface area contributed by atoms with Gasteiger partial charge in [0.1, 0.15) is 0 Å². The number of imidazole rings is 1. The highest BCUT2D eigenvalue weighted by Gasteiger charge is 2.19. The third-order valence-corrected chi connectivity index (χ3v) is 3.70. The molecule has 2 N–H and O–H groups in total. The second kappa shape index (κ2) is 7.20. The molecule has 0 fully saturated rings. The number of hydrogen-bond acceptors (Lipinski definition) is 3. The van der Waals surface area contributed by atoms with Crippen LogP contribution in [0, 0.1) is 5.92 Å². The van der Waals surface area contributed by atoms with Crippen LogP contribution in [0.25, 0.3) is 6.08 Å². The van der Waals surface area contributed by atoms with Crippen molar-refractivity contribution in [2.75, 3.05) is 0 Å². The summed E-state index contributed by atoms with van der Waals surface area (Å²) >= 11 is 0. The van der Waals surface area contributed by atoms with E-state index in [4.69, 9.17) is 0 Å². The Morgan fingerprint density at radius 2 is 2.05 bits per heavy atom. The number of rotatable bonds is 7. The zero-order valence-corrected chi connectivity index (χ0v) is 13.5. The average Bonchev–Trinajstić information content (AvgIpc) is 3.07. The minimum Gasteiger partial charge on any atom is -0.503 e. The topological polar surface area (TPSA) is 63.2 Å². The molecule has 0 atom stereocenters. The largest absolute Gasteiger partial charge is 0.503 e. The molecule has 22 heavy (non-hydrogen) atoms. The number of hydrogen-bond donors (Lipinski definition) is 2. The average molecular weight is 303 g/mol. The summed E-state index contributed by atoms with van der Waals surface area (Å²) in [6.07, 6.45) is 11.1. The molecule has 0 bridgehead atoms. The van der Waals surface area contributed by atoms with E-state index in [2.05, 4.69) is 24.9 Å². The number of aryl methyl sites for hydroxylation is 1. The van der Waals surface area contributed by atoms with Gasteiger partial charge in [-0.1, -0.05) is 26.8 Å². The molecule has 0 aromatic carbocycles. The molecule has 0 saturated heterocycles. The lowest BCUT2D eigenvalue weighted by atomic mass is 10.1. The fourth-order valence-corrected chi connectivity index (χ4v) is 2.54. The van der Waals surface area contributed by atoms with E-state index >= 15 is 0 Å². The Kier molecular flexibility index (Phi) is 5.31. The molecule has 0 radical (unpaired) electrons. The maximum Gasteiger partial charge on any atom is 0.235 e. The van der Waals surface area contributed by atoms with Gasteiger partial charge in [0, 0.05) is 31.0 Å². The molecule has 0 saturated carbocycles. The van der Waals surface area contributed by atoms with Crippen molar-refractivity contribution < 1.29 is 10.2 Å². The molecule has 2 rings (SSSR count). The normalized spacial score (nSPS) is 11.8.